The maximum Gasteiger partial charge on any atom is 0.360 e. The molecule has 1 amide bonds. The summed E-state index contributed by atoms with van der Waals surface area (Å²) in [6, 6.07) is 28.4. The Morgan fingerprint density at radius 2 is 1.40 bits per heavy atom. The Bertz CT molecular complexity index is 1230. The van der Waals surface area contributed by atoms with Crippen LogP contribution < -0.4 is 5.32 Å². The average molecular weight is 506 g/mol. The van der Waals surface area contributed by atoms with Gasteiger partial charge in [0.05, 0.1) is 0 Å². The molecule has 1 heterocycles. The van der Waals surface area contributed by atoms with Gasteiger partial charge in [-0.15, -0.1) is 22.9 Å². The Morgan fingerprint density at radius 3 is 1.83 bits per heavy atom. The minimum atomic E-state index is -1.33. The molecule has 176 valence electrons. The lowest BCUT2D eigenvalue weighted by molar-refractivity contribution is -0.129. The molecule has 3 aromatic carbocycles. The van der Waals surface area contributed by atoms with Crippen LogP contribution in [0.4, 0.5) is 5.13 Å². The maximum absolute atomic E-state index is 12.2. The third-order valence-corrected chi connectivity index (χ3v) is 6.13. The summed E-state index contributed by atoms with van der Waals surface area (Å²) in [6.07, 6.45) is 0. The number of hydrogen-bond acceptors (Lipinski definition) is 6. The summed E-state index contributed by atoms with van der Waals surface area (Å²) in [4.78, 5) is 34.1. The summed E-state index contributed by atoms with van der Waals surface area (Å²) in [5.41, 5.74) is 0.698. The SMILES string of the molecule is O=C(CCl)Nc1nc(/C(=N\OC(c2ccccc2)(c2ccccc2)c2ccccc2)C(=O)O)cs1. The topological polar surface area (TPSA) is 101 Å². The second-order valence-corrected chi connectivity index (χ2v) is 8.46. The number of carbonyl (C=O) groups excluding carboxylic acids is 1. The van der Waals surface area contributed by atoms with E-state index in [9.17, 15) is 14.7 Å². The van der Waals surface area contributed by atoms with E-state index in [1.165, 1.54) is 5.38 Å². The molecule has 9 heteroatoms. The van der Waals surface area contributed by atoms with Crippen LogP contribution in [-0.2, 0) is 20.0 Å². The predicted molar refractivity (Wildman–Crippen MR) is 136 cm³/mol. The van der Waals surface area contributed by atoms with Crippen molar-refractivity contribution in [1.29, 1.82) is 0 Å². The largest absolute Gasteiger partial charge is 0.476 e. The monoisotopic (exact) mass is 505 g/mol. The van der Waals surface area contributed by atoms with E-state index in [-0.39, 0.29) is 16.7 Å². The van der Waals surface area contributed by atoms with Gasteiger partial charge in [0.15, 0.2) is 5.13 Å². The number of rotatable bonds is 9. The number of nitrogens with one attached hydrogen (secondary N) is 1. The van der Waals surface area contributed by atoms with Gasteiger partial charge in [-0.25, -0.2) is 9.78 Å². The zero-order chi connectivity index (χ0) is 24.7. The number of aliphatic carboxylic acids is 1. The number of carbonyl (C=O) groups is 2. The van der Waals surface area contributed by atoms with Gasteiger partial charge in [0, 0.05) is 22.1 Å². The van der Waals surface area contributed by atoms with Crippen LogP contribution in [0.1, 0.15) is 22.4 Å². The molecule has 1 aromatic heterocycles. The summed E-state index contributed by atoms with van der Waals surface area (Å²) >= 11 is 6.58. The highest BCUT2D eigenvalue weighted by molar-refractivity contribution is 7.14. The number of nitrogens with zero attached hydrogens (tertiary/aromatic N) is 2. The van der Waals surface area contributed by atoms with Gasteiger partial charge < -0.3 is 15.3 Å². The number of carboxylic acid groups (broad SMARTS) is 1. The summed E-state index contributed by atoms with van der Waals surface area (Å²) in [5, 5.41) is 18.2. The number of anilines is 1. The molecule has 0 radical (unpaired) electrons. The molecule has 4 aromatic rings. The normalized spacial score (nSPS) is 11.6. The van der Waals surface area contributed by atoms with Crippen LogP contribution in [0.2, 0.25) is 0 Å². The molecule has 0 fully saturated rings. The van der Waals surface area contributed by atoms with Crippen LogP contribution >= 0.6 is 22.9 Å². The van der Waals surface area contributed by atoms with Gasteiger partial charge in [0.25, 0.3) is 0 Å². The Morgan fingerprint density at radius 1 is 0.914 bits per heavy atom. The minimum absolute atomic E-state index is 0.0513. The minimum Gasteiger partial charge on any atom is -0.476 e. The maximum atomic E-state index is 12.2. The molecule has 0 aliphatic carbocycles. The lowest BCUT2D eigenvalue weighted by Gasteiger charge is -2.33. The molecule has 0 aliphatic heterocycles. The second-order valence-electron chi connectivity index (χ2n) is 7.34. The van der Waals surface area contributed by atoms with Gasteiger partial charge in [-0.05, 0) is 0 Å². The molecular formula is C26H20ClN3O4S. The molecule has 7 nitrogen and oxygen atoms in total. The number of aromatic nitrogens is 1. The van der Waals surface area contributed by atoms with Crippen molar-refractivity contribution in [3.8, 4) is 0 Å². The number of oxime groups is 1. The molecular weight excluding hydrogens is 486 g/mol. The summed E-state index contributed by atoms with van der Waals surface area (Å²) < 4.78 is 0. The Labute approximate surface area is 210 Å². The van der Waals surface area contributed by atoms with E-state index in [1.54, 1.807) is 0 Å². The van der Waals surface area contributed by atoms with Gasteiger partial charge in [-0.2, -0.15) is 0 Å². The van der Waals surface area contributed by atoms with E-state index in [1.807, 2.05) is 91.0 Å². The van der Waals surface area contributed by atoms with Gasteiger partial charge in [-0.1, -0.05) is 96.2 Å². The highest BCUT2D eigenvalue weighted by Gasteiger charge is 2.40. The van der Waals surface area contributed by atoms with Crippen molar-refractivity contribution in [2.45, 2.75) is 5.60 Å². The highest BCUT2D eigenvalue weighted by atomic mass is 35.5. The lowest BCUT2D eigenvalue weighted by atomic mass is 9.80. The fourth-order valence-electron chi connectivity index (χ4n) is 3.58. The molecule has 0 unspecified atom stereocenters. The average Bonchev–Trinajstić information content (AvgIpc) is 3.35. The second kappa shape index (κ2) is 10.9. The summed E-state index contributed by atoms with van der Waals surface area (Å²) in [6.45, 7) is 0. The van der Waals surface area contributed by atoms with Crippen LogP contribution in [0.25, 0.3) is 0 Å². The highest BCUT2D eigenvalue weighted by Crippen LogP contribution is 2.40. The molecule has 0 aliphatic rings. The first-order valence-corrected chi connectivity index (χ1v) is 11.9. The zero-order valence-corrected chi connectivity index (χ0v) is 19.9. The van der Waals surface area contributed by atoms with Crippen molar-refractivity contribution in [1.82, 2.24) is 4.98 Å². The summed E-state index contributed by atoms with van der Waals surface area (Å²) in [5.74, 6) is -2.02. The van der Waals surface area contributed by atoms with E-state index in [4.69, 9.17) is 16.4 Å². The third kappa shape index (κ3) is 5.24. The van der Waals surface area contributed by atoms with Crippen LogP contribution in [0.3, 0.4) is 0 Å². The smallest absolute Gasteiger partial charge is 0.360 e. The quantitative estimate of drug-likeness (QED) is 0.142. The van der Waals surface area contributed by atoms with E-state index >= 15 is 0 Å². The number of carboxylic acids is 1. The van der Waals surface area contributed by atoms with Gasteiger partial charge in [-0.3, -0.25) is 4.79 Å². The number of benzene rings is 3. The number of amides is 1. The van der Waals surface area contributed by atoms with Crippen molar-refractivity contribution in [2.75, 3.05) is 11.2 Å². The van der Waals surface area contributed by atoms with E-state index in [0.717, 1.165) is 28.0 Å². The Kier molecular flexibility index (Phi) is 7.54. The van der Waals surface area contributed by atoms with Crippen molar-refractivity contribution in [3.63, 3.8) is 0 Å². The number of hydrogen-bond donors (Lipinski definition) is 2. The van der Waals surface area contributed by atoms with Crippen molar-refractivity contribution in [3.05, 3.63) is 119 Å². The van der Waals surface area contributed by atoms with Crippen LogP contribution in [-0.4, -0.2) is 33.6 Å². The predicted octanol–water partition coefficient (Wildman–Crippen LogP) is 5.12. The Hall–Kier alpha value is -4.01. The standard InChI is InChI=1S/C26H20ClN3O4S/c27-16-22(31)29-25-28-21(17-35-25)23(24(32)33)30-34-26(18-10-4-1-5-11-18,19-12-6-2-7-13-19)20-14-8-3-9-15-20/h1-15,17H,16H2,(H,32,33)(H,28,29,31)/b30-23+. The first-order valence-electron chi connectivity index (χ1n) is 10.5. The molecule has 0 bridgehead atoms. The first kappa shape index (κ1) is 24.1. The Balaban J connectivity index is 1.85. The first-order chi connectivity index (χ1) is 17.0. The van der Waals surface area contributed by atoms with Crippen molar-refractivity contribution in [2.24, 2.45) is 5.16 Å². The molecule has 0 saturated carbocycles. The van der Waals surface area contributed by atoms with Gasteiger partial charge in [0.2, 0.25) is 17.2 Å². The van der Waals surface area contributed by atoms with Crippen molar-refractivity contribution < 1.29 is 19.5 Å². The van der Waals surface area contributed by atoms with Crippen molar-refractivity contribution >= 4 is 45.7 Å². The molecule has 0 saturated heterocycles. The molecule has 0 spiro atoms. The number of halogens is 1. The summed E-state index contributed by atoms with van der Waals surface area (Å²) in [7, 11) is 0. The number of thiazole rings is 1. The molecule has 2 N–H and O–H groups in total. The van der Waals surface area contributed by atoms with Crippen LogP contribution in [0.15, 0.2) is 102 Å². The van der Waals surface area contributed by atoms with Crippen LogP contribution in [0, 0.1) is 0 Å². The lowest BCUT2D eigenvalue weighted by Crippen LogP contribution is -2.32. The van der Waals surface area contributed by atoms with E-state index in [0.29, 0.717) is 0 Å². The van der Waals surface area contributed by atoms with Gasteiger partial charge >= 0.3 is 5.97 Å². The third-order valence-electron chi connectivity index (χ3n) is 5.13. The van der Waals surface area contributed by atoms with E-state index in [2.05, 4.69) is 15.5 Å². The fourth-order valence-corrected chi connectivity index (χ4v) is 4.36. The van der Waals surface area contributed by atoms with Crippen LogP contribution in [0.5, 0.6) is 0 Å². The number of alkyl halides is 1. The molecule has 35 heavy (non-hydrogen) atoms. The molecule has 0 atom stereocenters. The van der Waals surface area contributed by atoms with Gasteiger partial charge in [0.1, 0.15) is 11.6 Å². The molecule has 4 rings (SSSR count). The zero-order valence-electron chi connectivity index (χ0n) is 18.3. The van der Waals surface area contributed by atoms with E-state index < -0.39 is 23.2 Å². The fraction of sp³-hybridized carbons (Fsp3) is 0.0769.